The van der Waals surface area contributed by atoms with E-state index in [1.165, 1.54) is 12.8 Å². The first kappa shape index (κ1) is 8.82. The van der Waals surface area contributed by atoms with Gasteiger partial charge in [-0.05, 0) is 19.3 Å². The summed E-state index contributed by atoms with van der Waals surface area (Å²) in [6.45, 7) is 0.891. The summed E-state index contributed by atoms with van der Waals surface area (Å²) < 4.78 is 0. The van der Waals surface area contributed by atoms with Crippen LogP contribution in [-0.2, 0) is 0 Å². The van der Waals surface area contributed by atoms with Crippen LogP contribution in [0.1, 0.15) is 19.3 Å². The third kappa shape index (κ3) is 3.59. The van der Waals surface area contributed by atoms with E-state index in [0.29, 0.717) is 6.04 Å². The Labute approximate surface area is 73.1 Å². The average Bonchev–Trinajstić information content (AvgIpc) is 2.07. The van der Waals surface area contributed by atoms with Crippen LogP contribution < -0.4 is 5.32 Å². The normalized spacial score (nSPS) is 24.6. The van der Waals surface area contributed by atoms with Crippen molar-refractivity contribution in [1.82, 2.24) is 5.32 Å². The molecule has 0 fully saturated rings. The quantitative estimate of drug-likeness (QED) is 0.644. The maximum atomic E-state index is 5.38. The van der Waals surface area contributed by atoms with Crippen LogP contribution in [0.4, 0.5) is 0 Å². The summed E-state index contributed by atoms with van der Waals surface area (Å²) in [6.07, 6.45) is 10.0. The smallest absolute Gasteiger partial charge is 0.0149 e. The highest BCUT2D eigenvalue weighted by Crippen LogP contribution is 2.09. The Morgan fingerprint density at radius 2 is 2.45 bits per heavy atom. The molecule has 11 heavy (non-hydrogen) atoms. The zero-order valence-corrected chi connectivity index (χ0v) is 7.35. The van der Waals surface area contributed by atoms with E-state index in [2.05, 4.69) is 17.5 Å². The Bertz CT molecular complexity index is 152. The zero-order valence-electron chi connectivity index (χ0n) is 6.59. The van der Waals surface area contributed by atoms with Crippen molar-refractivity contribution in [3.63, 3.8) is 0 Å². The molecule has 1 N–H and O–H groups in total. The predicted octanol–water partition coefficient (Wildman–Crippen LogP) is 2.44. The second kappa shape index (κ2) is 5.39. The van der Waals surface area contributed by atoms with Gasteiger partial charge >= 0.3 is 0 Å². The Morgan fingerprint density at radius 3 is 3.09 bits per heavy atom. The van der Waals surface area contributed by atoms with Gasteiger partial charge in [-0.25, -0.2) is 0 Å². The van der Waals surface area contributed by atoms with Crippen LogP contribution in [0, 0.1) is 0 Å². The molecule has 0 aromatic heterocycles. The van der Waals surface area contributed by atoms with E-state index in [-0.39, 0.29) is 0 Å². The number of nitrogens with one attached hydrogen (secondary N) is 1. The van der Waals surface area contributed by atoms with Gasteiger partial charge < -0.3 is 5.32 Å². The largest absolute Gasteiger partial charge is 0.310 e. The number of allylic oxidation sites excluding steroid dienone is 1. The molecule has 0 aromatic rings. The van der Waals surface area contributed by atoms with Crippen LogP contribution in [0.25, 0.3) is 0 Å². The van der Waals surface area contributed by atoms with Crippen LogP contribution in [0.15, 0.2) is 23.8 Å². The van der Waals surface area contributed by atoms with Crippen LogP contribution in [-0.4, -0.2) is 12.6 Å². The first-order valence-electron chi connectivity index (χ1n) is 4.07. The molecule has 62 valence electrons. The van der Waals surface area contributed by atoms with Gasteiger partial charge in [-0.15, -0.1) is 0 Å². The number of halogens is 1. The summed E-state index contributed by atoms with van der Waals surface area (Å²) in [5, 5.41) is 3.40. The molecule has 0 aromatic carbocycles. The highest BCUT2D eigenvalue weighted by molar-refractivity contribution is 6.25. The summed E-state index contributed by atoms with van der Waals surface area (Å²) >= 11 is 5.38. The molecule has 0 radical (unpaired) electrons. The summed E-state index contributed by atoms with van der Waals surface area (Å²) in [6, 6.07) is 0.660. The number of hydrogen-bond donors (Lipinski definition) is 1. The lowest BCUT2D eigenvalue weighted by Crippen LogP contribution is -2.29. The highest BCUT2D eigenvalue weighted by Gasteiger charge is 2.06. The SMILES string of the molecule is Cl/C=C/CNC1CC=CCC1. The molecule has 0 saturated carbocycles. The van der Waals surface area contributed by atoms with E-state index in [1.54, 1.807) is 5.54 Å². The molecule has 2 heteroatoms. The van der Waals surface area contributed by atoms with Crippen LogP contribution in [0.3, 0.4) is 0 Å². The lowest BCUT2D eigenvalue weighted by atomic mass is 10.0. The van der Waals surface area contributed by atoms with E-state index >= 15 is 0 Å². The lowest BCUT2D eigenvalue weighted by Gasteiger charge is -2.17. The standard InChI is InChI=1S/C9H14ClN/c10-7-4-8-11-9-5-2-1-3-6-9/h1-2,4,7,9,11H,3,5-6,8H2/b7-4+. The van der Waals surface area contributed by atoms with Gasteiger partial charge in [0.05, 0.1) is 0 Å². The molecule has 0 spiro atoms. The van der Waals surface area contributed by atoms with Gasteiger partial charge in [0.25, 0.3) is 0 Å². The predicted molar refractivity (Wildman–Crippen MR) is 49.8 cm³/mol. The molecular formula is C9H14ClN. The van der Waals surface area contributed by atoms with Gasteiger partial charge in [-0.3, -0.25) is 0 Å². The van der Waals surface area contributed by atoms with E-state index in [4.69, 9.17) is 11.6 Å². The minimum Gasteiger partial charge on any atom is -0.310 e. The fourth-order valence-electron chi connectivity index (χ4n) is 1.26. The molecule has 0 amide bonds. The first-order chi connectivity index (χ1) is 5.43. The van der Waals surface area contributed by atoms with Crippen molar-refractivity contribution in [2.45, 2.75) is 25.3 Å². The molecule has 1 aliphatic rings. The summed E-state index contributed by atoms with van der Waals surface area (Å²) in [7, 11) is 0. The Kier molecular flexibility index (Phi) is 4.32. The molecule has 0 saturated heterocycles. The number of rotatable bonds is 3. The molecule has 1 rings (SSSR count). The fraction of sp³-hybridized carbons (Fsp3) is 0.556. The van der Waals surface area contributed by atoms with Crippen LogP contribution in [0.5, 0.6) is 0 Å². The summed E-state index contributed by atoms with van der Waals surface area (Å²) in [5.41, 5.74) is 1.56. The van der Waals surface area contributed by atoms with Crippen LogP contribution >= 0.6 is 11.6 Å². The van der Waals surface area contributed by atoms with Gasteiger partial charge in [-0.1, -0.05) is 29.8 Å². The van der Waals surface area contributed by atoms with Crippen molar-refractivity contribution in [1.29, 1.82) is 0 Å². The monoisotopic (exact) mass is 171 g/mol. The van der Waals surface area contributed by atoms with Gasteiger partial charge in [0.15, 0.2) is 0 Å². The van der Waals surface area contributed by atoms with Gasteiger partial charge in [0.1, 0.15) is 0 Å². The molecule has 1 aliphatic carbocycles. The second-order valence-corrected chi connectivity index (χ2v) is 3.00. The molecule has 0 heterocycles. The fourth-order valence-corrected chi connectivity index (χ4v) is 1.35. The third-order valence-electron chi connectivity index (χ3n) is 1.88. The van der Waals surface area contributed by atoms with Crippen molar-refractivity contribution in [2.24, 2.45) is 0 Å². The number of hydrogen-bond acceptors (Lipinski definition) is 1. The van der Waals surface area contributed by atoms with E-state index in [0.717, 1.165) is 13.0 Å². The Hall–Kier alpha value is -0.270. The molecule has 0 aliphatic heterocycles. The average molecular weight is 172 g/mol. The molecule has 1 unspecified atom stereocenters. The van der Waals surface area contributed by atoms with E-state index in [1.807, 2.05) is 6.08 Å². The van der Waals surface area contributed by atoms with E-state index < -0.39 is 0 Å². The first-order valence-corrected chi connectivity index (χ1v) is 4.50. The van der Waals surface area contributed by atoms with Crippen LogP contribution in [0.2, 0.25) is 0 Å². The van der Waals surface area contributed by atoms with Gasteiger partial charge in [-0.2, -0.15) is 0 Å². The van der Waals surface area contributed by atoms with Gasteiger partial charge in [0, 0.05) is 18.1 Å². The lowest BCUT2D eigenvalue weighted by molar-refractivity contribution is 0.499. The molecule has 1 nitrogen and oxygen atoms in total. The van der Waals surface area contributed by atoms with Crippen molar-refractivity contribution in [2.75, 3.05) is 6.54 Å². The van der Waals surface area contributed by atoms with E-state index in [9.17, 15) is 0 Å². The van der Waals surface area contributed by atoms with Crippen molar-refractivity contribution in [3.05, 3.63) is 23.8 Å². The maximum absolute atomic E-state index is 5.38. The third-order valence-corrected chi connectivity index (χ3v) is 2.06. The molecule has 0 bridgehead atoms. The highest BCUT2D eigenvalue weighted by atomic mass is 35.5. The maximum Gasteiger partial charge on any atom is 0.0149 e. The second-order valence-electron chi connectivity index (χ2n) is 2.75. The van der Waals surface area contributed by atoms with Crippen molar-refractivity contribution < 1.29 is 0 Å². The minimum atomic E-state index is 0.660. The zero-order chi connectivity index (χ0) is 7.94. The molecule has 1 atom stereocenters. The van der Waals surface area contributed by atoms with Crippen molar-refractivity contribution >= 4 is 11.6 Å². The Morgan fingerprint density at radius 1 is 1.55 bits per heavy atom. The Balaban J connectivity index is 2.11. The van der Waals surface area contributed by atoms with Gasteiger partial charge in [0.2, 0.25) is 0 Å². The summed E-state index contributed by atoms with van der Waals surface area (Å²) in [4.78, 5) is 0. The van der Waals surface area contributed by atoms with Crippen molar-refractivity contribution in [3.8, 4) is 0 Å². The summed E-state index contributed by atoms with van der Waals surface area (Å²) in [5.74, 6) is 0. The minimum absolute atomic E-state index is 0.660. The topological polar surface area (TPSA) is 12.0 Å². The molecular weight excluding hydrogens is 158 g/mol.